The summed E-state index contributed by atoms with van der Waals surface area (Å²) in [5.74, 6) is 1.26. The Kier molecular flexibility index (Phi) is 5.09. The molecule has 0 fully saturated rings. The predicted molar refractivity (Wildman–Crippen MR) is 83.8 cm³/mol. The normalized spacial score (nSPS) is 10.2. The van der Waals surface area contributed by atoms with E-state index < -0.39 is 0 Å². The number of nitrogens with zero attached hydrogens (tertiary/aromatic N) is 1. The summed E-state index contributed by atoms with van der Waals surface area (Å²) in [6, 6.07) is 7.41. The highest BCUT2D eigenvalue weighted by molar-refractivity contribution is 9.10. The monoisotopic (exact) mass is 356 g/mol. The number of hydrogen-bond acceptors (Lipinski definition) is 4. The number of rotatable bonds is 5. The molecule has 1 aromatic heterocycles. The number of anilines is 1. The lowest BCUT2D eigenvalue weighted by molar-refractivity contribution is 0.404. The first-order valence-corrected chi connectivity index (χ1v) is 7.07. The fourth-order valence-corrected chi connectivity index (χ4v) is 2.16. The van der Waals surface area contributed by atoms with E-state index >= 15 is 0 Å². The van der Waals surface area contributed by atoms with Crippen molar-refractivity contribution in [2.24, 2.45) is 0 Å². The number of halogens is 2. The minimum atomic E-state index is 0.511. The minimum Gasteiger partial charge on any atom is -0.495 e. The van der Waals surface area contributed by atoms with Gasteiger partial charge in [-0.25, -0.2) is 0 Å². The summed E-state index contributed by atoms with van der Waals surface area (Å²) in [5.41, 5.74) is 1.72. The first kappa shape index (κ1) is 14.9. The van der Waals surface area contributed by atoms with Gasteiger partial charge < -0.3 is 14.8 Å². The second kappa shape index (κ2) is 6.81. The van der Waals surface area contributed by atoms with E-state index in [1.165, 1.54) is 0 Å². The van der Waals surface area contributed by atoms with Crippen LogP contribution >= 0.6 is 27.5 Å². The van der Waals surface area contributed by atoms with Gasteiger partial charge in [-0.05, 0) is 28.1 Å². The fraction of sp³-hybridized carbons (Fsp3) is 0.214. The summed E-state index contributed by atoms with van der Waals surface area (Å²) >= 11 is 9.42. The Hall–Kier alpha value is -1.46. The summed E-state index contributed by atoms with van der Waals surface area (Å²) in [6.07, 6.45) is 1.76. The van der Waals surface area contributed by atoms with Gasteiger partial charge in [0.2, 0.25) is 0 Å². The largest absolute Gasteiger partial charge is 0.495 e. The Morgan fingerprint density at radius 1 is 1.20 bits per heavy atom. The zero-order valence-electron chi connectivity index (χ0n) is 11.1. The summed E-state index contributed by atoms with van der Waals surface area (Å²) in [4.78, 5) is 4.30. The molecule has 0 amide bonds. The summed E-state index contributed by atoms with van der Waals surface area (Å²) < 4.78 is 11.5. The van der Waals surface area contributed by atoms with Crippen LogP contribution < -0.4 is 14.8 Å². The van der Waals surface area contributed by atoms with E-state index in [9.17, 15) is 0 Å². The Bertz CT molecular complexity index is 590. The SMILES string of the molecule is COc1cc(NCc2ccc(Br)cn2)c(OC)cc1Cl. The van der Waals surface area contributed by atoms with Crippen molar-refractivity contribution in [2.75, 3.05) is 19.5 Å². The van der Waals surface area contributed by atoms with Gasteiger partial charge in [0.1, 0.15) is 11.5 Å². The number of benzene rings is 1. The average Bonchev–Trinajstić information content (AvgIpc) is 2.47. The maximum Gasteiger partial charge on any atom is 0.143 e. The Morgan fingerprint density at radius 2 is 1.95 bits per heavy atom. The first-order chi connectivity index (χ1) is 9.63. The third-order valence-corrected chi connectivity index (χ3v) is 3.49. The number of methoxy groups -OCH3 is 2. The van der Waals surface area contributed by atoms with E-state index in [0.29, 0.717) is 23.1 Å². The van der Waals surface area contributed by atoms with Gasteiger partial charge in [0.05, 0.1) is 37.2 Å². The van der Waals surface area contributed by atoms with Crippen molar-refractivity contribution in [3.63, 3.8) is 0 Å². The zero-order valence-corrected chi connectivity index (χ0v) is 13.5. The molecule has 0 aliphatic heterocycles. The van der Waals surface area contributed by atoms with Crippen molar-refractivity contribution >= 4 is 33.2 Å². The lowest BCUT2D eigenvalue weighted by atomic mass is 10.2. The third kappa shape index (κ3) is 3.55. The molecule has 6 heteroatoms. The number of nitrogens with one attached hydrogen (secondary N) is 1. The third-order valence-electron chi connectivity index (χ3n) is 2.72. The lowest BCUT2D eigenvalue weighted by Gasteiger charge is -2.13. The molecule has 0 atom stereocenters. The molecule has 1 heterocycles. The van der Waals surface area contributed by atoms with Crippen LogP contribution in [0.15, 0.2) is 34.9 Å². The van der Waals surface area contributed by atoms with Gasteiger partial charge in [-0.3, -0.25) is 4.98 Å². The minimum absolute atomic E-state index is 0.511. The maximum atomic E-state index is 6.06. The molecule has 0 unspecified atom stereocenters. The van der Waals surface area contributed by atoms with Crippen LogP contribution in [-0.4, -0.2) is 19.2 Å². The van der Waals surface area contributed by atoms with Gasteiger partial charge in [0.25, 0.3) is 0 Å². The first-order valence-electron chi connectivity index (χ1n) is 5.90. The molecule has 0 saturated carbocycles. The highest BCUT2D eigenvalue weighted by Crippen LogP contribution is 2.35. The van der Waals surface area contributed by atoms with Crippen molar-refractivity contribution in [2.45, 2.75) is 6.54 Å². The smallest absolute Gasteiger partial charge is 0.143 e. The van der Waals surface area contributed by atoms with Gasteiger partial charge in [-0.15, -0.1) is 0 Å². The topological polar surface area (TPSA) is 43.4 Å². The van der Waals surface area contributed by atoms with Crippen LogP contribution in [-0.2, 0) is 6.54 Å². The number of hydrogen-bond donors (Lipinski definition) is 1. The lowest BCUT2D eigenvalue weighted by Crippen LogP contribution is -2.03. The molecule has 2 aromatic rings. The molecule has 2 rings (SSSR count). The molecule has 0 aliphatic rings. The quantitative estimate of drug-likeness (QED) is 0.874. The van der Waals surface area contributed by atoms with Gasteiger partial charge in [0.15, 0.2) is 0 Å². The van der Waals surface area contributed by atoms with Crippen molar-refractivity contribution in [3.05, 3.63) is 45.7 Å². The molecule has 20 heavy (non-hydrogen) atoms. The molecular formula is C14H14BrClN2O2. The van der Waals surface area contributed by atoms with Crippen LogP contribution in [0.3, 0.4) is 0 Å². The van der Waals surface area contributed by atoms with Crippen LogP contribution in [0.5, 0.6) is 11.5 Å². The van der Waals surface area contributed by atoms with Crippen LogP contribution in [0.1, 0.15) is 5.69 Å². The molecule has 0 saturated heterocycles. The summed E-state index contributed by atoms with van der Waals surface area (Å²) in [5, 5.41) is 3.77. The van der Waals surface area contributed by atoms with Crippen molar-refractivity contribution in [3.8, 4) is 11.5 Å². The standard InChI is InChI=1S/C14H14BrClN2O2/c1-19-13-6-12(14(20-2)5-11(13)16)18-8-10-4-3-9(15)7-17-10/h3-7,18H,8H2,1-2H3. The Balaban J connectivity index is 2.17. The van der Waals surface area contributed by atoms with Crippen molar-refractivity contribution in [1.29, 1.82) is 0 Å². The van der Waals surface area contributed by atoms with E-state index in [1.807, 2.05) is 12.1 Å². The van der Waals surface area contributed by atoms with Crippen molar-refractivity contribution < 1.29 is 9.47 Å². The summed E-state index contributed by atoms with van der Waals surface area (Å²) in [6.45, 7) is 0.578. The van der Waals surface area contributed by atoms with E-state index in [0.717, 1.165) is 15.9 Å². The predicted octanol–water partition coefficient (Wildman–Crippen LogP) is 4.13. The van der Waals surface area contributed by atoms with Gasteiger partial charge in [-0.1, -0.05) is 11.6 Å². The second-order valence-corrected chi connectivity index (χ2v) is 5.33. The van der Waals surface area contributed by atoms with Crippen LogP contribution in [0.2, 0.25) is 5.02 Å². The second-order valence-electron chi connectivity index (χ2n) is 4.01. The highest BCUT2D eigenvalue weighted by Gasteiger charge is 2.09. The Morgan fingerprint density at radius 3 is 2.55 bits per heavy atom. The fourth-order valence-electron chi connectivity index (χ4n) is 1.70. The zero-order chi connectivity index (χ0) is 14.5. The van der Waals surface area contributed by atoms with E-state index in [1.54, 1.807) is 32.5 Å². The summed E-state index contributed by atoms with van der Waals surface area (Å²) in [7, 11) is 3.18. The molecular weight excluding hydrogens is 344 g/mol. The van der Waals surface area contributed by atoms with E-state index in [2.05, 4.69) is 26.2 Å². The molecule has 106 valence electrons. The average molecular weight is 358 g/mol. The number of aromatic nitrogens is 1. The molecule has 0 spiro atoms. The number of ether oxygens (including phenoxy) is 2. The van der Waals surface area contributed by atoms with Crippen molar-refractivity contribution in [1.82, 2.24) is 4.98 Å². The van der Waals surface area contributed by atoms with Crippen LogP contribution in [0, 0.1) is 0 Å². The molecule has 1 aromatic carbocycles. The molecule has 0 radical (unpaired) electrons. The van der Waals surface area contributed by atoms with E-state index in [4.69, 9.17) is 21.1 Å². The van der Waals surface area contributed by atoms with Gasteiger partial charge in [0, 0.05) is 22.8 Å². The Labute approximate surface area is 131 Å². The van der Waals surface area contributed by atoms with E-state index in [-0.39, 0.29) is 0 Å². The number of pyridine rings is 1. The van der Waals surface area contributed by atoms with Gasteiger partial charge in [-0.2, -0.15) is 0 Å². The molecule has 0 aliphatic carbocycles. The molecule has 4 nitrogen and oxygen atoms in total. The highest BCUT2D eigenvalue weighted by atomic mass is 79.9. The van der Waals surface area contributed by atoms with Gasteiger partial charge >= 0.3 is 0 Å². The van der Waals surface area contributed by atoms with Crippen LogP contribution in [0.25, 0.3) is 0 Å². The molecule has 1 N–H and O–H groups in total. The molecule has 0 bridgehead atoms. The van der Waals surface area contributed by atoms with Crippen LogP contribution in [0.4, 0.5) is 5.69 Å². The maximum absolute atomic E-state index is 6.06.